The van der Waals surface area contributed by atoms with Gasteiger partial charge < -0.3 is 5.11 Å². The summed E-state index contributed by atoms with van der Waals surface area (Å²) in [7, 11) is 0. The van der Waals surface area contributed by atoms with Crippen LogP contribution in [0.25, 0.3) is 0 Å². The van der Waals surface area contributed by atoms with E-state index in [4.69, 9.17) is 0 Å². The monoisotopic (exact) mass is 254 g/mol. The maximum atomic E-state index is 11.1. The first-order valence-electron chi connectivity index (χ1n) is 6.10. The molecule has 0 fully saturated rings. The van der Waals surface area contributed by atoms with E-state index in [1.54, 1.807) is 11.3 Å². The molecule has 0 spiro atoms. The maximum Gasteiger partial charge on any atom is 0.320 e. The number of rotatable bonds is 4. The van der Waals surface area contributed by atoms with Gasteiger partial charge in [-0.2, -0.15) is 0 Å². The molecule has 1 atom stereocenters. The van der Waals surface area contributed by atoms with Crippen molar-refractivity contribution in [3.8, 4) is 0 Å². The van der Waals surface area contributed by atoms with E-state index in [-0.39, 0.29) is 6.04 Å². The van der Waals surface area contributed by atoms with Crippen molar-refractivity contribution in [3.05, 3.63) is 15.6 Å². The number of nitrogens with zero attached hydrogens (tertiary/aromatic N) is 2. The van der Waals surface area contributed by atoms with Gasteiger partial charge in [-0.1, -0.05) is 13.8 Å². The fourth-order valence-corrected chi connectivity index (χ4v) is 3.36. The first-order valence-corrected chi connectivity index (χ1v) is 6.91. The second-order valence-electron chi connectivity index (χ2n) is 4.31. The topological polar surface area (TPSA) is 53.4 Å². The number of thiazole rings is 1. The Bertz CT molecular complexity index is 417. The van der Waals surface area contributed by atoms with Crippen LogP contribution in [0.2, 0.25) is 0 Å². The zero-order valence-corrected chi connectivity index (χ0v) is 11.1. The van der Waals surface area contributed by atoms with Crippen LogP contribution >= 0.6 is 11.3 Å². The lowest BCUT2D eigenvalue weighted by molar-refractivity contribution is -0.143. The number of hydrogen-bond donors (Lipinski definition) is 1. The summed E-state index contributed by atoms with van der Waals surface area (Å²) in [5.41, 5.74) is 1.18. The van der Waals surface area contributed by atoms with Crippen molar-refractivity contribution in [2.24, 2.45) is 0 Å². The smallest absolute Gasteiger partial charge is 0.320 e. The molecule has 2 heterocycles. The second-order valence-corrected chi connectivity index (χ2v) is 5.48. The molecule has 0 saturated carbocycles. The van der Waals surface area contributed by atoms with Crippen LogP contribution in [0.4, 0.5) is 0 Å². The lowest BCUT2D eigenvalue weighted by Gasteiger charge is -2.30. The van der Waals surface area contributed by atoms with Gasteiger partial charge in [-0.3, -0.25) is 9.69 Å². The van der Waals surface area contributed by atoms with E-state index in [0.717, 1.165) is 25.9 Å². The van der Waals surface area contributed by atoms with E-state index in [1.807, 2.05) is 6.92 Å². The highest BCUT2D eigenvalue weighted by Crippen LogP contribution is 2.27. The van der Waals surface area contributed by atoms with Gasteiger partial charge in [0.15, 0.2) is 0 Å². The Balaban J connectivity index is 2.14. The molecule has 1 unspecified atom stereocenters. The third-order valence-corrected chi connectivity index (χ3v) is 4.45. The Morgan fingerprint density at radius 3 is 2.94 bits per heavy atom. The molecule has 0 bridgehead atoms. The van der Waals surface area contributed by atoms with E-state index in [0.29, 0.717) is 6.42 Å². The average Bonchev–Trinajstić information content (AvgIpc) is 2.71. The predicted molar refractivity (Wildman–Crippen MR) is 67.3 cm³/mol. The van der Waals surface area contributed by atoms with Crippen LogP contribution < -0.4 is 0 Å². The SMILES string of the molecule is CCc1nc2c(s1)CN(C(CC)C(=O)O)CC2. The third-order valence-electron chi connectivity index (χ3n) is 3.22. The van der Waals surface area contributed by atoms with E-state index in [9.17, 15) is 9.90 Å². The molecule has 1 aliphatic rings. The standard InChI is InChI=1S/C12H18N2O2S/c1-3-9(12(15)16)14-6-5-8-10(7-14)17-11(4-2)13-8/h9H,3-7H2,1-2H3,(H,15,16). The lowest BCUT2D eigenvalue weighted by Crippen LogP contribution is -2.43. The molecule has 1 N–H and O–H groups in total. The van der Waals surface area contributed by atoms with Gasteiger partial charge in [0.05, 0.1) is 10.7 Å². The Morgan fingerprint density at radius 1 is 1.59 bits per heavy atom. The first-order chi connectivity index (χ1) is 8.15. The van der Waals surface area contributed by atoms with Crippen molar-refractivity contribution < 1.29 is 9.90 Å². The fourth-order valence-electron chi connectivity index (χ4n) is 2.27. The quantitative estimate of drug-likeness (QED) is 0.892. The molecule has 0 aromatic carbocycles. The van der Waals surface area contributed by atoms with Gasteiger partial charge in [0.2, 0.25) is 0 Å². The van der Waals surface area contributed by atoms with Crippen molar-refractivity contribution in [2.75, 3.05) is 6.54 Å². The molecule has 0 radical (unpaired) electrons. The minimum absolute atomic E-state index is 0.352. The predicted octanol–water partition coefficient (Wildman–Crippen LogP) is 1.93. The summed E-state index contributed by atoms with van der Waals surface area (Å²) >= 11 is 1.73. The second kappa shape index (κ2) is 5.14. The van der Waals surface area contributed by atoms with Gasteiger partial charge in [-0.05, 0) is 12.8 Å². The van der Waals surface area contributed by atoms with Gasteiger partial charge in [-0.25, -0.2) is 4.98 Å². The minimum atomic E-state index is -0.712. The fraction of sp³-hybridized carbons (Fsp3) is 0.667. The summed E-state index contributed by atoms with van der Waals surface area (Å²) in [6, 6.07) is -0.352. The Hall–Kier alpha value is -0.940. The number of carbonyl (C=O) groups is 1. The van der Waals surface area contributed by atoms with Gasteiger partial charge in [0.1, 0.15) is 6.04 Å². The van der Waals surface area contributed by atoms with Crippen LogP contribution in [-0.4, -0.2) is 33.5 Å². The largest absolute Gasteiger partial charge is 0.480 e. The van der Waals surface area contributed by atoms with Crippen molar-refractivity contribution in [2.45, 2.75) is 45.7 Å². The number of aliphatic carboxylic acids is 1. The van der Waals surface area contributed by atoms with Gasteiger partial charge in [0, 0.05) is 24.4 Å². The molecular formula is C12H18N2O2S. The van der Waals surface area contributed by atoms with Crippen LogP contribution in [0.1, 0.15) is 35.8 Å². The number of hydrogen-bond acceptors (Lipinski definition) is 4. The molecule has 4 nitrogen and oxygen atoms in total. The van der Waals surface area contributed by atoms with Crippen molar-refractivity contribution in [1.29, 1.82) is 0 Å². The Labute approximate surface area is 105 Å². The molecular weight excluding hydrogens is 236 g/mol. The van der Waals surface area contributed by atoms with Crippen LogP contribution in [-0.2, 0) is 24.2 Å². The maximum absolute atomic E-state index is 11.1. The summed E-state index contributed by atoms with van der Waals surface area (Å²) in [4.78, 5) is 19.0. The van der Waals surface area contributed by atoms with Crippen LogP contribution in [0, 0.1) is 0 Å². The summed E-state index contributed by atoms with van der Waals surface area (Å²) in [5.74, 6) is -0.712. The van der Waals surface area contributed by atoms with Crippen LogP contribution in [0.3, 0.4) is 0 Å². The zero-order chi connectivity index (χ0) is 12.4. The molecule has 1 aromatic heterocycles. The Morgan fingerprint density at radius 2 is 2.35 bits per heavy atom. The zero-order valence-electron chi connectivity index (χ0n) is 10.3. The van der Waals surface area contributed by atoms with Crippen molar-refractivity contribution >= 4 is 17.3 Å². The molecule has 17 heavy (non-hydrogen) atoms. The first kappa shape index (κ1) is 12.5. The molecule has 94 valence electrons. The van der Waals surface area contributed by atoms with Gasteiger partial charge in [-0.15, -0.1) is 11.3 Å². The van der Waals surface area contributed by atoms with Crippen LogP contribution in [0.15, 0.2) is 0 Å². The number of fused-ring (bicyclic) bond motifs is 1. The van der Waals surface area contributed by atoms with E-state index >= 15 is 0 Å². The summed E-state index contributed by atoms with van der Waals surface area (Å²) in [6.07, 6.45) is 2.51. The molecule has 0 aliphatic carbocycles. The third kappa shape index (κ3) is 2.50. The normalized spacial score (nSPS) is 17.8. The number of aryl methyl sites for hydroxylation is 1. The molecule has 0 saturated heterocycles. The number of aromatic nitrogens is 1. The van der Waals surface area contributed by atoms with E-state index in [2.05, 4.69) is 16.8 Å². The average molecular weight is 254 g/mol. The van der Waals surface area contributed by atoms with Crippen molar-refractivity contribution in [3.63, 3.8) is 0 Å². The van der Waals surface area contributed by atoms with Gasteiger partial charge in [0.25, 0.3) is 0 Å². The van der Waals surface area contributed by atoms with E-state index < -0.39 is 5.97 Å². The lowest BCUT2D eigenvalue weighted by atomic mass is 10.1. The number of carboxylic acid groups (broad SMARTS) is 1. The highest BCUT2D eigenvalue weighted by atomic mass is 32.1. The minimum Gasteiger partial charge on any atom is -0.480 e. The molecule has 5 heteroatoms. The highest BCUT2D eigenvalue weighted by Gasteiger charge is 2.28. The summed E-state index contributed by atoms with van der Waals surface area (Å²) in [6.45, 7) is 5.59. The Kier molecular flexibility index (Phi) is 3.79. The molecule has 2 rings (SSSR count). The molecule has 1 aliphatic heterocycles. The van der Waals surface area contributed by atoms with Gasteiger partial charge >= 0.3 is 5.97 Å². The van der Waals surface area contributed by atoms with E-state index in [1.165, 1.54) is 15.6 Å². The van der Waals surface area contributed by atoms with Crippen molar-refractivity contribution in [1.82, 2.24) is 9.88 Å². The summed E-state index contributed by atoms with van der Waals surface area (Å²) < 4.78 is 0. The molecule has 0 amide bonds. The highest BCUT2D eigenvalue weighted by molar-refractivity contribution is 7.11. The molecule has 1 aromatic rings. The summed E-state index contributed by atoms with van der Waals surface area (Å²) in [5, 5.41) is 10.3. The number of carboxylic acids is 1. The van der Waals surface area contributed by atoms with Crippen LogP contribution in [0.5, 0.6) is 0 Å².